The van der Waals surface area contributed by atoms with Crippen molar-refractivity contribution in [2.24, 2.45) is 0 Å². The highest BCUT2D eigenvalue weighted by Gasteiger charge is 2.49. The molecule has 1 aromatic carbocycles. The second-order valence-corrected chi connectivity index (χ2v) is 9.28. The Morgan fingerprint density at radius 2 is 2.00 bits per heavy atom. The number of hydrogen-bond acceptors (Lipinski definition) is 10. The topological polar surface area (TPSA) is 181 Å². The molecule has 180 valence electrons. The summed E-state index contributed by atoms with van der Waals surface area (Å²) in [6.07, 6.45) is -5.31. The Morgan fingerprint density at radius 3 is 2.64 bits per heavy atom. The number of phosphoric ester groups is 1. The maximum atomic E-state index is 12.8. The number of aliphatic hydroxyl groups excluding tert-OH is 2. The van der Waals surface area contributed by atoms with Crippen LogP contribution in [-0.4, -0.2) is 74.8 Å². The fraction of sp³-hybridized carbons (Fsp3) is 0.444. The Kier molecular flexibility index (Phi) is 6.67. The quantitative estimate of drug-likeness (QED) is 0.274. The zero-order valence-electron chi connectivity index (χ0n) is 17.3. The van der Waals surface area contributed by atoms with Gasteiger partial charge in [-0.1, -0.05) is 23.7 Å². The number of nitrogens with zero attached hydrogens (tertiary/aromatic N) is 3. The van der Waals surface area contributed by atoms with E-state index in [4.69, 9.17) is 26.1 Å². The van der Waals surface area contributed by atoms with E-state index < -0.39 is 44.5 Å². The third-order valence-corrected chi connectivity index (χ3v) is 6.10. The summed E-state index contributed by atoms with van der Waals surface area (Å²) < 4.78 is 21.1. The summed E-state index contributed by atoms with van der Waals surface area (Å²) >= 11 is 5.95. The summed E-state index contributed by atoms with van der Waals surface area (Å²) in [4.78, 5) is 41.0. The van der Waals surface area contributed by atoms with Crippen molar-refractivity contribution in [3.8, 4) is 0 Å². The molecule has 6 N–H and O–H groups in total. The van der Waals surface area contributed by atoms with Crippen LogP contribution in [0.25, 0.3) is 0 Å². The standard InChI is InChI=1S/C18H23ClN5O8P/c1-20-18-21-15-12(16(27)22-18)23(6-9-2-4-10(19)5-3-9)8-24(15)17-14(26)13(25)11(32-17)7-31-33(28,29)30/h2-5,11,13-14,17,25-26H,6-8H2,1H3,(H2,28,29,30)(H2,20,21,22,27)/t11-,13-,14-,17-/m1/s1. The molecule has 0 radical (unpaired) electrons. The van der Waals surface area contributed by atoms with Crippen LogP contribution in [0.5, 0.6) is 0 Å². The Labute approximate surface area is 192 Å². The lowest BCUT2D eigenvalue weighted by Gasteiger charge is -2.28. The summed E-state index contributed by atoms with van der Waals surface area (Å²) in [5.41, 5.74) is 0.685. The molecule has 2 aliphatic heterocycles. The predicted octanol–water partition coefficient (Wildman–Crippen LogP) is -0.195. The molecule has 0 spiro atoms. The molecule has 0 unspecified atom stereocenters. The maximum absolute atomic E-state index is 12.8. The highest BCUT2D eigenvalue weighted by molar-refractivity contribution is 7.46. The molecule has 1 fully saturated rings. The number of aromatic amines is 1. The number of H-pyrrole nitrogens is 1. The number of hydrogen-bond donors (Lipinski definition) is 6. The molecule has 2 aromatic rings. The average Bonchev–Trinajstić information content (AvgIpc) is 3.25. The van der Waals surface area contributed by atoms with Crippen molar-refractivity contribution in [3.05, 3.63) is 45.2 Å². The van der Waals surface area contributed by atoms with E-state index >= 15 is 0 Å². The molecule has 0 bridgehead atoms. The van der Waals surface area contributed by atoms with Crippen molar-refractivity contribution in [2.75, 3.05) is 35.4 Å². The van der Waals surface area contributed by atoms with E-state index in [0.29, 0.717) is 11.6 Å². The van der Waals surface area contributed by atoms with Gasteiger partial charge in [0.1, 0.15) is 24.0 Å². The fourth-order valence-corrected chi connectivity index (χ4v) is 4.28. The maximum Gasteiger partial charge on any atom is 0.469 e. The number of aliphatic hydroxyl groups is 2. The Balaban J connectivity index is 1.63. The van der Waals surface area contributed by atoms with Crippen LogP contribution in [0.15, 0.2) is 29.1 Å². The molecule has 1 aromatic heterocycles. The largest absolute Gasteiger partial charge is 0.469 e. The van der Waals surface area contributed by atoms with Gasteiger partial charge in [0.25, 0.3) is 5.56 Å². The number of benzene rings is 1. The summed E-state index contributed by atoms with van der Waals surface area (Å²) in [5, 5.41) is 24.3. The second kappa shape index (κ2) is 9.20. The van der Waals surface area contributed by atoms with Crippen LogP contribution in [0.4, 0.5) is 17.5 Å². The van der Waals surface area contributed by atoms with Gasteiger partial charge in [-0.15, -0.1) is 0 Å². The number of nitrogens with one attached hydrogen (secondary N) is 2. The van der Waals surface area contributed by atoms with Crippen molar-refractivity contribution >= 4 is 36.9 Å². The zero-order valence-corrected chi connectivity index (χ0v) is 19.0. The van der Waals surface area contributed by atoms with Crippen molar-refractivity contribution in [3.63, 3.8) is 0 Å². The first-order valence-electron chi connectivity index (χ1n) is 9.87. The van der Waals surface area contributed by atoms with E-state index in [0.717, 1.165) is 5.56 Å². The molecule has 4 atom stereocenters. The van der Waals surface area contributed by atoms with Gasteiger partial charge in [-0.2, -0.15) is 4.98 Å². The van der Waals surface area contributed by atoms with E-state index in [1.54, 1.807) is 24.1 Å². The van der Waals surface area contributed by atoms with Gasteiger partial charge in [0.2, 0.25) is 5.95 Å². The number of aromatic nitrogens is 2. The first-order valence-corrected chi connectivity index (χ1v) is 11.8. The minimum atomic E-state index is -4.80. The molecule has 13 nitrogen and oxygen atoms in total. The van der Waals surface area contributed by atoms with Gasteiger partial charge in [0.05, 0.1) is 13.3 Å². The summed E-state index contributed by atoms with van der Waals surface area (Å²) in [6, 6.07) is 7.08. The molecule has 0 amide bonds. The minimum Gasteiger partial charge on any atom is -0.387 e. The lowest BCUT2D eigenvalue weighted by Crippen LogP contribution is -2.46. The van der Waals surface area contributed by atoms with Gasteiger partial charge in [-0.3, -0.25) is 14.3 Å². The number of rotatable bonds is 7. The highest BCUT2D eigenvalue weighted by atomic mass is 35.5. The van der Waals surface area contributed by atoms with Crippen LogP contribution >= 0.6 is 19.4 Å². The lowest BCUT2D eigenvalue weighted by atomic mass is 10.1. The molecular formula is C18H23ClN5O8P. The minimum absolute atomic E-state index is 0.0850. The Hall–Kier alpha value is -2.22. The molecule has 33 heavy (non-hydrogen) atoms. The van der Waals surface area contributed by atoms with Gasteiger partial charge < -0.3 is 39.9 Å². The molecule has 1 saturated heterocycles. The van der Waals surface area contributed by atoms with Crippen LogP contribution in [0, 0.1) is 0 Å². The van der Waals surface area contributed by atoms with Crippen LogP contribution in [0.1, 0.15) is 5.56 Å². The van der Waals surface area contributed by atoms with Crippen LogP contribution in [-0.2, 0) is 20.4 Å². The van der Waals surface area contributed by atoms with Crippen molar-refractivity contribution < 1.29 is 33.8 Å². The molecular weight excluding hydrogens is 481 g/mol. The van der Waals surface area contributed by atoms with E-state index in [-0.39, 0.29) is 24.1 Å². The third kappa shape index (κ3) is 5.00. The van der Waals surface area contributed by atoms with Crippen LogP contribution in [0.2, 0.25) is 5.02 Å². The normalized spacial score (nSPS) is 24.9. The van der Waals surface area contributed by atoms with E-state index in [1.165, 1.54) is 4.90 Å². The summed E-state index contributed by atoms with van der Waals surface area (Å²) in [6.45, 7) is -0.235. The number of halogens is 1. The number of phosphoric acid groups is 1. The van der Waals surface area contributed by atoms with Crippen LogP contribution < -0.4 is 20.7 Å². The predicted molar refractivity (Wildman–Crippen MR) is 118 cm³/mol. The Morgan fingerprint density at radius 1 is 1.30 bits per heavy atom. The zero-order chi connectivity index (χ0) is 23.9. The van der Waals surface area contributed by atoms with Gasteiger partial charge in [0.15, 0.2) is 12.0 Å². The first kappa shape index (κ1) is 23.9. The molecule has 0 aliphatic carbocycles. The molecule has 3 heterocycles. The van der Waals surface area contributed by atoms with Crippen molar-refractivity contribution in [2.45, 2.75) is 31.1 Å². The fourth-order valence-electron chi connectivity index (χ4n) is 3.82. The third-order valence-electron chi connectivity index (χ3n) is 5.36. The van der Waals surface area contributed by atoms with Gasteiger partial charge in [-0.25, -0.2) is 4.57 Å². The van der Waals surface area contributed by atoms with Crippen LogP contribution in [0.3, 0.4) is 0 Å². The van der Waals surface area contributed by atoms with Crippen molar-refractivity contribution in [1.82, 2.24) is 9.97 Å². The number of anilines is 3. The second-order valence-electron chi connectivity index (χ2n) is 7.60. The van der Waals surface area contributed by atoms with Gasteiger partial charge in [-0.05, 0) is 17.7 Å². The molecule has 0 saturated carbocycles. The number of ether oxygens (including phenoxy) is 1. The Bertz CT molecular complexity index is 1110. The van der Waals surface area contributed by atoms with Gasteiger partial charge in [0, 0.05) is 18.6 Å². The number of fused-ring (bicyclic) bond motifs is 1. The molecule has 15 heteroatoms. The van der Waals surface area contributed by atoms with Gasteiger partial charge >= 0.3 is 7.82 Å². The average molecular weight is 504 g/mol. The highest BCUT2D eigenvalue weighted by Crippen LogP contribution is 2.40. The van der Waals surface area contributed by atoms with E-state index in [2.05, 4.69) is 19.8 Å². The summed E-state index contributed by atoms with van der Waals surface area (Å²) in [7, 11) is -3.22. The van der Waals surface area contributed by atoms with E-state index in [1.807, 2.05) is 12.1 Å². The summed E-state index contributed by atoms with van der Waals surface area (Å²) in [5.74, 6) is 0.399. The smallest absolute Gasteiger partial charge is 0.387 e. The molecule has 2 aliphatic rings. The lowest BCUT2D eigenvalue weighted by molar-refractivity contribution is -0.0218. The van der Waals surface area contributed by atoms with E-state index in [9.17, 15) is 19.6 Å². The molecule has 4 rings (SSSR count). The first-order chi connectivity index (χ1) is 15.6. The van der Waals surface area contributed by atoms with Crippen molar-refractivity contribution in [1.29, 1.82) is 0 Å². The monoisotopic (exact) mass is 503 g/mol. The SMILES string of the molecule is CNc1nc2c(c(=O)[nH]1)N(Cc1ccc(Cl)cc1)CN2[C@@H]1O[C@H](COP(=O)(O)O)[C@@H](O)[C@H]1O.